The Kier molecular flexibility index (Phi) is 6.84. The second kappa shape index (κ2) is 9.77. The Bertz CT molecular complexity index is 1020. The molecular weight excluding hydrogens is 427 g/mol. The molecule has 0 radical (unpaired) electrons. The number of thioether (sulfide) groups is 1. The third-order valence-corrected chi connectivity index (χ3v) is 7.65. The number of hydrogen-bond donors (Lipinski definition) is 1. The summed E-state index contributed by atoms with van der Waals surface area (Å²) in [6, 6.07) is 14.1. The lowest BCUT2D eigenvalue weighted by atomic mass is 9.83. The monoisotopic (exact) mass is 454 g/mol. The first-order chi connectivity index (χ1) is 15.5. The maximum atomic E-state index is 14.0. The number of hydrogen-bond acceptors (Lipinski definition) is 4. The summed E-state index contributed by atoms with van der Waals surface area (Å²) in [5, 5.41) is 3.24. The number of benzene rings is 2. The number of carbonyl (C=O) groups is 2. The molecule has 5 nitrogen and oxygen atoms in total. The van der Waals surface area contributed by atoms with Crippen molar-refractivity contribution in [1.82, 2.24) is 10.2 Å². The minimum Gasteiger partial charge on any atom is -0.497 e. The molecule has 1 N–H and O–H groups in total. The Balaban J connectivity index is 1.38. The normalized spacial score (nSPS) is 24.2. The van der Waals surface area contributed by atoms with Gasteiger partial charge in [-0.3, -0.25) is 9.59 Å². The Labute approximate surface area is 192 Å². The standard InChI is InChI=1S/C25H27FN2O3S/c1-28-21-13-18(24(29)27-15-16-7-10-19(31-2)11-8-16)9-12-22(21)32-23(25(28)30)14-17-5-3-4-6-20(17)26/h3-8,10-11,14,18,21-22H,9,12-13,15H2,1-2H3,(H,27,29)/b23-14-. The topological polar surface area (TPSA) is 58.6 Å². The van der Waals surface area contributed by atoms with Crippen LogP contribution in [0, 0.1) is 11.7 Å². The number of carbonyl (C=O) groups excluding carboxylic acids is 2. The number of nitrogens with one attached hydrogen (secondary N) is 1. The summed E-state index contributed by atoms with van der Waals surface area (Å²) >= 11 is 1.52. The number of rotatable bonds is 5. The summed E-state index contributed by atoms with van der Waals surface area (Å²) < 4.78 is 19.2. The second-order valence-corrected chi connectivity index (χ2v) is 9.53. The number of methoxy groups -OCH3 is 1. The zero-order valence-corrected chi connectivity index (χ0v) is 19.0. The number of amides is 2. The van der Waals surface area contributed by atoms with Crippen molar-refractivity contribution in [2.24, 2.45) is 5.92 Å². The van der Waals surface area contributed by atoms with E-state index in [2.05, 4.69) is 5.32 Å². The molecule has 0 spiro atoms. The zero-order chi connectivity index (χ0) is 22.7. The van der Waals surface area contributed by atoms with E-state index in [4.69, 9.17) is 4.74 Å². The number of nitrogens with zero attached hydrogens (tertiary/aromatic N) is 1. The first-order valence-electron chi connectivity index (χ1n) is 10.8. The van der Waals surface area contributed by atoms with Gasteiger partial charge in [-0.1, -0.05) is 30.3 Å². The number of halogens is 1. The van der Waals surface area contributed by atoms with Crippen LogP contribution >= 0.6 is 11.8 Å². The van der Waals surface area contributed by atoms with E-state index in [0.717, 1.165) is 24.2 Å². The lowest BCUT2D eigenvalue weighted by Crippen LogP contribution is -2.52. The quantitative estimate of drug-likeness (QED) is 0.687. The van der Waals surface area contributed by atoms with Gasteiger partial charge in [0.2, 0.25) is 5.91 Å². The van der Waals surface area contributed by atoms with Crippen molar-refractivity contribution in [2.75, 3.05) is 14.2 Å². The Morgan fingerprint density at radius 3 is 2.69 bits per heavy atom. The van der Waals surface area contributed by atoms with Crippen molar-refractivity contribution in [2.45, 2.75) is 37.1 Å². The van der Waals surface area contributed by atoms with Gasteiger partial charge in [0.25, 0.3) is 5.91 Å². The van der Waals surface area contributed by atoms with E-state index in [1.54, 1.807) is 43.3 Å². The highest BCUT2D eigenvalue weighted by molar-refractivity contribution is 8.04. The average Bonchev–Trinajstić information content (AvgIpc) is 2.82. The fourth-order valence-corrected chi connectivity index (χ4v) is 5.82. The van der Waals surface area contributed by atoms with Crippen LogP contribution in [0.4, 0.5) is 4.39 Å². The zero-order valence-electron chi connectivity index (χ0n) is 18.2. The summed E-state index contributed by atoms with van der Waals surface area (Å²) in [7, 11) is 3.41. The number of likely N-dealkylation sites (N-methyl/N-ethyl adjacent to an activating group) is 1. The smallest absolute Gasteiger partial charge is 0.260 e. The van der Waals surface area contributed by atoms with E-state index in [-0.39, 0.29) is 34.8 Å². The molecule has 1 saturated heterocycles. The lowest BCUT2D eigenvalue weighted by molar-refractivity contribution is -0.132. The van der Waals surface area contributed by atoms with Gasteiger partial charge < -0.3 is 15.0 Å². The van der Waals surface area contributed by atoms with Gasteiger partial charge in [0.15, 0.2) is 0 Å². The first kappa shape index (κ1) is 22.4. The molecule has 1 aliphatic carbocycles. The van der Waals surface area contributed by atoms with Crippen molar-refractivity contribution < 1.29 is 18.7 Å². The fraction of sp³-hybridized carbons (Fsp3) is 0.360. The highest BCUT2D eigenvalue weighted by Gasteiger charge is 2.42. The van der Waals surface area contributed by atoms with E-state index in [9.17, 15) is 14.0 Å². The SMILES string of the molecule is COc1ccc(CNC(=O)C2CCC3S/C(=C\c4ccccc4F)C(=O)N(C)C3C2)cc1. The van der Waals surface area contributed by atoms with Gasteiger partial charge >= 0.3 is 0 Å². The maximum Gasteiger partial charge on any atom is 0.260 e. The van der Waals surface area contributed by atoms with Gasteiger partial charge in [0.05, 0.1) is 12.0 Å². The molecule has 2 aliphatic rings. The van der Waals surface area contributed by atoms with Gasteiger partial charge in [-0.05, 0) is 49.1 Å². The van der Waals surface area contributed by atoms with Gasteiger partial charge in [0.1, 0.15) is 11.6 Å². The van der Waals surface area contributed by atoms with Crippen LogP contribution in [0.25, 0.3) is 6.08 Å². The molecule has 32 heavy (non-hydrogen) atoms. The molecule has 1 saturated carbocycles. The summed E-state index contributed by atoms with van der Waals surface area (Å²) in [5.74, 6) is 0.235. The predicted octanol–water partition coefficient (Wildman–Crippen LogP) is 4.23. The van der Waals surface area contributed by atoms with Gasteiger partial charge in [-0.2, -0.15) is 0 Å². The van der Waals surface area contributed by atoms with E-state index < -0.39 is 0 Å². The van der Waals surface area contributed by atoms with Crippen molar-refractivity contribution in [3.63, 3.8) is 0 Å². The molecule has 3 atom stereocenters. The van der Waals surface area contributed by atoms with Crippen LogP contribution in [-0.4, -0.2) is 42.2 Å². The summed E-state index contributed by atoms with van der Waals surface area (Å²) in [6.07, 6.45) is 3.89. The van der Waals surface area contributed by atoms with E-state index in [1.807, 2.05) is 24.3 Å². The minimum atomic E-state index is -0.338. The highest BCUT2D eigenvalue weighted by atomic mass is 32.2. The predicted molar refractivity (Wildman–Crippen MR) is 124 cm³/mol. The van der Waals surface area contributed by atoms with Crippen LogP contribution in [0.5, 0.6) is 5.75 Å². The molecule has 4 rings (SSSR count). The molecular formula is C25H27FN2O3S. The Hall–Kier alpha value is -2.80. The molecule has 168 valence electrons. The van der Waals surface area contributed by atoms with E-state index in [1.165, 1.54) is 17.8 Å². The van der Waals surface area contributed by atoms with Crippen LogP contribution in [0.15, 0.2) is 53.4 Å². The van der Waals surface area contributed by atoms with E-state index in [0.29, 0.717) is 23.4 Å². The highest BCUT2D eigenvalue weighted by Crippen LogP contribution is 2.43. The average molecular weight is 455 g/mol. The molecule has 3 unspecified atom stereocenters. The van der Waals surface area contributed by atoms with Crippen LogP contribution in [0.3, 0.4) is 0 Å². The van der Waals surface area contributed by atoms with Gasteiger partial charge in [-0.25, -0.2) is 4.39 Å². The third-order valence-electron chi connectivity index (χ3n) is 6.25. The molecule has 2 amide bonds. The van der Waals surface area contributed by atoms with Crippen molar-refractivity contribution in [3.8, 4) is 5.75 Å². The van der Waals surface area contributed by atoms with Crippen molar-refractivity contribution >= 4 is 29.7 Å². The number of fused-ring (bicyclic) bond motifs is 1. The fourth-order valence-electron chi connectivity index (χ4n) is 4.35. The second-order valence-electron chi connectivity index (χ2n) is 8.25. The van der Waals surface area contributed by atoms with Crippen molar-refractivity contribution in [1.29, 1.82) is 0 Å². The number of ether oxygens (including phenoxy) is 1. The molecule has 7 heteroatoms. The largest absolute Gasteiger partial charge is 0.497 e. The summed E-state index contributed by atoms with van der Waals surface area (Å²) in [6.45, 7) is 0.465. The lowest BCUT2D eigenvalue weighted by Gasteiger charge is -2.44. The van der Waals surface area contributed by atoms with Crippen LogP contribution in [-0.2, 0) is 16.1 Å². The molecule has 1 heterocycles. The van der Waals surface area contributed by atoms with Gasteiger partial charge in [-0.15, -0.1) is 11.8 Å². The van der Waals surface area contributed by atoms with E-state index >= 15 is 0 Å². The Morgan fingerprint density at radius 2 is 1.97 bits per heavy atom. The summed E-state index contributed by atoms with van der Waals surface area (Å²) in [4.78, 5) is 28.0. The molecule has 0 aromatic heterocycles. The van der Waals surface area contributed by atoms with Crippen LogP contribution < -0.4 is 10.1 Å². The molecule has 2 aromatic rings. The van der Waals surface area contributed by atoms with Crippen LogP contribution in [0.2, 0.25) is 0 Å². The molecule has 0 bridgehead atoms. The summed E-state index contributed by atoms with van der Waals surface area (Å²) in [5.41, 5.74) is 1.43. The minimum absolute atomic E-state index is 0.00393. The maximum absolute atomic E-state index is 14.0. The molecule has 2 fully saturated rings. The first-order valence-corrected chi connectivity index (χ1v) is 11.6. The third kappa shape index (κ3) is 4.83. The Morgan fingerprint density at radius 1 is 1.22 bits per heavy atom. The molecule has 1 aliphatic heterocycles. The van der Waals surface area contributed by atoms with Gasteiger partial charge in [0, 0.05) is 36.4 Å². The van der Waals surface area contributed by atoms with Crippen LogP contribution in [0.1, 0.15) is 30.4 Å². The molecule has 2 aromatic carbocycles. The van der Waals surface area contributed by atoms with Crippen molar-refractivity contribution in [3.05, 3.63) is 70.4 Å².